The molecule has 0 unspecified atom stereocenters. The molecule has 5 nitrogen and oxygen atoms in total. The van der Waals surface area contributed by atoms with Crippen LogP contribution in [0.1, 0.15) is 6.92 Å². The van der Waals surface area contributed by atoms with E-state index in [1.165, 1.54) is 24.3 Å². The van der Waals surface area contributed by atoms with Gasteiger partial charge in [-0.15, -0.1) is 21.4 Å². The predicted molar refractivity (Wildman–Crippen MR) is 91.6 cm³/mol. The van der Waals surface area contributed by atoms with E-state index < -0.39 is 10.0 Å². The van der Waals surface area contributed by atoms with Crippen LogP contribution in [0, 0.1) is 0 Å². The monoisotopic (exact) mass is 447 g/mol. The molecule has 0 bridgehead atoms. The van der Waals surface area contributed by atoms with Gasteiger partial charge in [0.1, 0.15) is 0 Å². The van der Waals surface area contributed by atoms with Gasteiger partial charge < -0.3 is 10.6 Å². The minimum Gasteiger partial charge on any atom is -0.369 e. The van der Waals surface area contributed by atoms with E-state index in [0.717, 1.165) is 0 Å². The molecule has 0 aliphatic carbocycles. The number of halogens is 3. The van der Waals surface area contributed by atoms with Crippen LogP contribution in [0.5, 0.6) is 0 Å². The van der Waals surface area contributed by atoms with Crippen LogP contribution in [0.2, 0.25) is 5.02 Å². The molecule has 1 aromatic rings. The highest BCUT2D eigenvalue weighted by atomic mass is 79.9. The Morgan fingerprint density at radius 2 is 1.95 bits per heavy atom. The quantitative estimate of drug-likeness (QED) is 0.426. The summed E-state index contributed by atoms with van der Waals surface area (Å²) in [5.41, 5.74) is 5.72. The second-order valence-electron chi connectivity index (χ2n) is 3.65. The van der Waals surface area contributed by atoms with E-state index >= 15 is 0 Å². The van der Waals surface area contributed by atoms with Crippen LogP contribution < -0.4 is 5.73 Å². The summed E-state index contributed by atoms with van der Waals surface area (Å²) in [7, 11) is -3.80. The minimum absolute atomic E-state index is 0. The molecule has 0 saturated heterocycles. The van der Waals surface area contributed by atoms with Crippen molar-refractivity contribution in [3.63, 3.8) is 0 Å². The van der Waals surface area contributed by atoms with Gasteiger partial charge in [-0.1, -0.05) is 27.5 Å². The fourth-order valence-corrected chi connectivity index (χ4v) is 2.88. The second-order valence-corrected chi connectivity index (χ2v) is 6.48. The van der Waals surface area contributed by atoms with E-state index in [0.29, 0.717) is 23.4 Å². The van der Waals surface area contributed by atoms with Crippen molar-refractivity contribution in [1.29, 1.82) is 0 Å². The van der Waals surface area contributed by atoms with Gasteiger partial charge in [-0.2, -0.15) is 8.42 Å². The number of guanidine groups is 1. The summed E-state index contributed by atoms with van der Waals surface area (Å²) < 4.78 is 27.7. The van der Waals surface area contributed by atoms with Crippen LogP contribution in [0.15, 0.2) is 33.6 Å². The number of nitrogens with zero attached hydrogens (tertiary/aromatic N) is 2. The van der Waals surface area contributed by atoms with Crippen molar-refractivity contribution >= 4 is 60.5 Å². The molecule has 0 amide bonds. The van der Waals surface area contributed by atoms with Crippen molar-refractivity contribution in [2.24, 2.45) is 10.1 Å². The number of benzene rings is 1. The Bertz CT molecular complexity index is 549. The maximum Gasteiger partial charge on any atom is 0.285 e. The summed E-state index contributed by atoms with van der Waals surface area (Å²) >= 11 is 8.99. The van der Waals surface area contributed by atoms with Crippen molar-refractivity contribution < 1.29 is 8.42 Å². The Hall–Kier alpha value is -0.310. The highest BCUT2D eigenvalue weighted by Crippen LogP contribution is 2.16. The normalized spacial score (nSPS) is 11.8. The maximum atomic E-state index is 12.0. The average Bonchev–Trinajstić information content (AvgIpc) is 2.35. The zero-order chi connectivity index (χ0) is 14.5. The van der Waals surface area contributed by atoms with Gasteiger partial charge in [0.25, 0.3) is 10.0 Å². The van der Waals surface area contributed by atoms with Gasteiger partial charge >= 0.3 is 0 Å². The zero-order valence-corrected chi connectivity index (χ0v) is 15.7. The lowest BCUT2D eigenvalue weighted by molar-refractivity contribution is 0.465. The van der Waals surface area contributed by atoms with Crippen LogP contribution in [0.25, 0.3) is 0 Å². The molecule has 114 valence electrons. The summed E-state index contributed by atoms with van der Waals surface area (Å²) in [4.78, 5) is 1.73. The lowest BCUT2D eigenvalue weighted by Crippen LogP contribution is -2.39. The SMILES string of the molecule is Br.CCN(CCBr)/C(N)=N/S(=O)(=O)c1ccc(Cl)cc1. The Labute approximate surface area is 143 Å². The second kappa shape index (κ2) is 8.86. The van der Waals surface area contributed by atoms with Crippen LogP contribution in [-0.4, -0.2) is 37.7 Å². The van der Waals surface area contributed by atoms with Crippen LogP contribution in [0.4, 0.5) is 0 Å². The number of rotatable bonds is 5. The summed E-state index contributed by atoms with van der Waals surface area (Å²) in [6.45, 7) is 3.04. The largest absolute Gasteiger partial charge is 0.369 e. The predicted octanol–water partition coefficient (Wildman–Crippen LogP) is 2.64. The molecule has 2 N–H and O–H groups in total. The molecule has 20 heavy (non-hydrogen) atoms. The lowest BCUT2D eigenvalue weighted by atomic mass is 10.4. The van der Waals surface area contributed by atoms with Gasteiger partial charge in [-0.3, -0.25) is 0 Å². The van der Waals surface area contributed by atoms with Gasteiger partial charge in [-0.05, 0) is 31.2 Å². The maximum absolute atomic E-state index is 12.0. The van der Waals surface area contributed by atoms with E-state index in [9.17, 15) is 8.42 Å². The molecule has 0 aliphatic heterocycles. The molecular weight excluding hydrogens is 433 g/mol. The van der Waals surface area contributed by atoms with E-state index in [-0.39, 0.29) is 27.8 Å². The van der Waals surface area contributed by atoms with E-state index in [1.807, 2.05) is 6.92 Å². The summed E-state index contributed by atoms with van der Waals surface area (Å²) in [5.74, 6) is -0.0168. The molecule has 1 rings (SSSR count). The third-order valence-electron chi connectivity index (χ3n) is 2.39. The van der Waals surface area contributed by atoms with E-state index in [4.69, 9.17) is 17.3 Å². The summed E-state index contributed by atoms with van der Waals surface area (Å²) in [6, 6.07) is 5.79. The summed E-state index contributed by atoms with van der Waals surface area (Å²) in [5, 5.41) is 1.14. The van der Waals surface area contributed by atoms with Crippen molar-refractivity contribution in [2.75, 3.05) is 18.4 Å². The zero-order valence-electron chi connectivity index (χ0n) is 10.8. The molecule has 0 heterocycles. The smallest absolute Gasteiger partial charge is 0.285 e. The molecule has 0 aliphatic rings. The molecular formula is C11H16Br2ClN3O2S. The molecule has 1 aromatic carbocycles. The molecule has 0 aromatic heterocycles. The van der Waals surface area contributed by atoms with Gasteiger partial charge in [0, 0.05) is 23.4 Å². The number of hydrogen-bond donors (Lipinski definition) is 1. The Morgan fingerprint density at radius 3 is 2.40 bits per heavy atom. The Kier molecular flexibility index (Phi) is 8.72. The number of sulfonamides is 1. The Balaban J connectivity index is 0.00000361. The Morgan fingerprint density at radius 1 is 1.40 bits per heavy atom. The summed E-state index contributed by atoms with van der Waals surface area (Å²) in [6.07, 6.45) is 0. The average molecular weight is 450 g/mol. The lowest BCUT2D eigenvalue weighted by Gasteiger charge is -2.20. The fourth-order valence-electron chi connectivity index (χ4n) is 1.38. The van der Waals surface area contributed by atoms with Crippen LogP contribution in [0.3, 0.4) is 0 Å². The highest BCUT2D eigenvalue weighted by Gasteiger charge is 2.15. The molecule has 0 spiro atoms. The van der Waals surface area contributed by atoms with Gasteiger partial charge in [0.05, 0.1) is 4.90 Å². The van der Waals surface area contributed by atoms with E-state index in [2.05, 4.69) is 20.3 Å². The van der Waals surface area contributed by atoms with Crippen molar-refractivity contribution in [3.05, 3.63) is 29.3 Å². The first kappa shape index (κ1) is 19.7. The number of alkyl halides is 1. The standard InChI is InChI=1S/C11H15BrClN3O2S.BrH/c1-2-16(8-7-12)11(14)15-19(17,18)10-5-3-9(13)4-6-10;/h3-6H,2,7-8H2,1H3,(H2,14,15);1H. The fraction of sp³-hybridized carbons (Fsp3) is 0.364. The molecule has 0 radical (unpaired) electrons. The third kappa shape index (κ3) is 5.59. The third-order valence-corrected chi connectivity index (χ3v) is 4.29. The first-order valence-electron chi connectivity index (χ1n) is 5.57. The van der Waals surface area contributed by atoms with Crippen LogP contribution in [-0.2, 0) is 10.0 Å². The van der Waals surface area contributed by atoms with Crippen molar-refractivity contribution in [2.45, 2.75) is 11.8 Å². The molecule has 0 fully saturated rings. The molecule has 0 saturated carbocycles. The first-order valence-corrected chi connectivity index (χ1v) is 8.51. The van der Waals surface area contributed by atoms with Gasteiger partial charge in [0.2, 0.25) is 5.96 Å². The van der Waals surface area contributed by atoms with Crippen molar-refractivity contribution in [3.8, 4) is 0 Å². The van der Waals surface area contributed by atoms with Gasteiger partial charge in [0.15, 0.2) is 0 Å². The van der Waals surface area contributed by atoms with Gasteiger partial charge in [-0.25, -0.2) is 0 Å². The first-order chi connectivity index (χ1) is 8.90. The highest BCUT2D eigenvalue weighted by molar-refractivity contribution is 9.09. The topological polar surface area (TPSA) is 75.8 Å². The molecule has 0 atom stereocenters. The number of hydrogen-bond acceptors (Lipinski definition) is 2. The number of nitrogens with two attached hydrogens (primary N) is 1. The van der Waals surface area contributed by atoms with Crippen LogP contribution >= 0.6 is 44.5 Å². The van der Waals surface area contributed by atoms with Crippen molar-refractivity contribution in [1.82, 2.24) is 4.90 Å². The molecule has 9 heteroatoms. The van der Waals surface area contributed by atoms with E-state index in [1.54, 1.807) is 4.90 Å². The minimum atomic E-state index is -3.80.